The highest BCUT2D eigenvalue weighted by atomic mass is 16.4. The molecule has 82 valence electrons. The van der Waals surface area contributed by atoms with E-state index >= 15 is 0 Å². The Morgan fingerprint density at radius 1 is 1.00 bits per heavy atom. The Balaban J connectivity index is 2.20. The molecule has 0 fully saturated rings. The van der Waals surface area contributed by atoms with Crippen molar-refractivity contribution in [3.8, 4) is 11.8 Å². The molecule has 17 heavy (non-hydrogen) atoms. The minimum absolute atomic E-state index is 0.227. The van der Waals surface area contributed by atoms with Gasteiger partial charge >= 0.3 is 5.97 Å². The van der Waals surface area contributed by atoms with Crippen LogP contribution < -0.4 is 0 Å². The molecule has 4 nitrogen and oxygen atoms in total. The molecule has 1 N–H and O–H groups in total. The quantitative estimate of drug-likeness (QED) is 0.747. The van der Waals surface area contributed by atoms with E-state index in [1.165, 1.54) is 12.4 Å². The zero-order chi connectivity index (χ0) is 12.1. The van der Waals surface area contributed by atoms with E-state index in [0.29, 0.717) is 5.56 Å². The van der Waals surface area contributed by atoms with Gasteiger partial charge in [0.1, 0.15) is 0 Å². The van der Waals surface area contributed by atoms with Crippen molar-refractivity contribution in [3.63, 3.8) is 0 Å². The number of carboxylic acids is 1. The average molecular weight is 224 g/mol. The summed E-state index contributed by atoms with van der Waals surface area (Å²) in [6.07, 6.45) is 2.79. The van der Waals surface area contributed by atoms with Crippen LogP contribution in [0.2, 0.25) is 0 Å². The molecule has 0 spiro atoms. The van der Waals surface area contributed by atoms with Gasteiger partial charge in [-0.1, -0.05) is 30.0 Å². The minimum Gasteiger partial charge on any atom is -0.475 e. The molecule has 2 aromatic rings. The standard InChI is InChI=1S/C13H8N2O2/c16-13(17)12-14-8-11(9-15-12)7-6-10-4-2-1-3-5-10/h1-5,8-9H,(H,16,17). The molecule has 0 bridgehead atoms. The van der Waals surface area contributed by atoms with Crippen LogP contribution in [-0.4, -0.2) is 21.0 Å². The summed E-state index contributed by atoms with van der Waals surface area (Å²) < 4.78 is 0. The molecular weight excluding hydrogens is 216 g/mol. The third-order valence-corrected chi connectivity index (χ3v) is 1.97. The molecule has 0 aliphatic rings. The summed E-state index contributed by atoms with van der Waals surface area (Å²) in [6, 6.07) is 9.48. The van der Waals surface area contributed by atoms with E-state index in [4.69, 9.17) is 5.11 Å². The summed E-state index contributed by atoms with van der Waals surface area (Å²) in [5.41, 5.74) is 1.47. The highest BCUT2D eigenvalue weighted by molar-refractivity contribution is 5.82. The highest BCUT2D eigenvalue weighted by Gasteiger charge is 2.03. The van der Waals surface area contributed by atoms with Crippen molar-refractivity contribution in [2.75, 3.05) is 0 Å². The summed E-state index contributed by atoms with van der Waals surface area (Å²) >= 11 is 0. The first-order valence-corrected chi connectivity index (χ1v) is 4.88. The Bertz CT molecular complexity index is 580. The van der Waals surface area contributed by atoms with E-state index in [2.05, 4.69) is 21.8 Å². The van der Waals surface area contributed by atoms with Crippen molar-refractivity contribution >= 4 is 5.97 Å². The number of benzene rings is 1. The van der Waals surface area contributed by atoms with Gasteiger partial charge in [0.05, 0.1) is 5.56 Å². The number of nitrogens with zero attached hydrogens (tertiary/aromatic N) is 2. The van der Waals surface area contributed by atoms with Gasteiger partial charge in [0.15, 0.2) is 0 Å². The van der Waals surface area contributed by atoms with Crippen molar-refractivity contribution < 1.29 is 9.90 Å². The topological polar surface area (TPSA) is 63.1 Å². The lowest BCUT2D eigenvalue weighted by Gasteiger charge is -1.92. The summed E-state index contributed by atoms with van der Waals surface area (Å²) in [7, 11) is 0. The number of hydrogen-bond acceptors (Lipinski definition) is 3. The Morgan fingerprint density at radius 2 is 1.59 bits per heavy atom. The fourth-order valence-electron chi connectivity index (χ4n) is 1.17. The van der Waals surface area contributed by atoms with Crippen LogP contribution in [0.4, 0.5) is 0 Å². The average Bonchev–Trinajstić information content (AvgIpc) is 2.38. The van der Waals surface area contributed by atoms with E-state index in [-0.39, 0.29) is 5.82 Å². The van der Waals surface area contributed by atoms with E-state index < -0.39 is 5.97 Å². The Kier molecular flexibility index (Phi) is 3.13. The summed E-state index contributed by atoms with van der Waals surface area (Å²) in [5.74, 6) is 4.42. The maximum atomic E-state index is 10.5. The van der Waals surface area contributed by atoms with Crippen LogP contribution in [0, 0.1) is 11.8 Å². The highest BCUT2D eigenvalue weighted by Crippen LogP contribution is 1.98. The van der Waals surface area contributed by atoms with Crippen molar-refractivity contribution in [1.82, 2.24) is 9.97 Å². The molecule has 0 unspecified atom stereocenters. The van der Waals surface area contributed by atoms with Gasteiger partial charge < -0.3 is 5.11 Å². The minimum atomic E-state index is -1.15. The number of carboxylic acid groups (broad SMARTS) is 1. The fourth-order valence-corrected chi connectivity index (χ4v) is 1.17. The zero-order valence-corrected chi connectivity index (χ0v) is 8.79. The molecule has 0 saturated heterocycles. The third-order valence-electron chi connectivity index (χ3n) is 1.97. The number of rotatable bonds is 1. The van der Waals surface area contributed by atoms with Gasteiger partial charge in [0.25, 0.3) is 0 Å². The lowest BCUT2D eigenvalue weighted by molar-refractivity contribution is 0.0683. The van der Waals surface area contributed by atoms with E-state index in [9.17, 15) is 4.79 Å². The molecule has 4 heteroatoms. The molecular formula is C13H8N2O2. The van der Waals surface area contributed by atoms with Crippen LogP contribution in [0.5, 0.6) is 0 Å². The number of aromatic nitrogens is 2. The summed E-state index contributed by atoms with van der Waals surface area (Å²) in [5, 5.41) is 8.62. The van der Waals surface area contributed by atoms with E-state index in [1.54, 1.807) is 0 Å². The number of hydrogen-bond donors (Lipinski definition) is 1. The van der Waals surface area contributed by atoms with Crippen molar-refractivity contribution in [2.24, 2.45) is 0 Å². The maximum Gasteiger partial charge on any atom is 0.373 e. The summed E-state index contributed by atoms with van der Waals surface area (Å²) in [4.78, 5) is 17.9. The molecule has 0 saturated carbocycles. The molecule has 0 amide bonds. The SMILES string of the molecule is O=C(O)c1ncc(C#Cc2ccccc2)cn1. The van der Waals surface area contributed by atoms with Gasteiger partial charge in [-0.25, -0.2) is 14.8 Å². The molecule has 1 heterocycles. The maximum absolute atomic E-state index is 10.5. The molecule has 0 aliphatic carbocycles. The number of carbonyl (C=O) groups is 1. The Hall–Kier alpha value is -2.67. The first-order chi connectivity index (χ1) is 8.25. The molecule has 1 aromatic carbocycles. The smallest absolute Gasteiger partial charge is 0.373 e. The van der Waals surface area contributed by atoms with Crippen molar-refractivity contribution in [1.29, 1.82) is 0 Å². The molecule has 0 radical (unpaired) electrons. The van der Waals surface area contributed by atoms with Gasteiger partial charge in [0, 0.05) is 18.0 Å². The molecule has 2 rings (SSSR count). The third kappa shape index (κ3) is 2.89. The van der Waals surface area contributed by atoms with E-state index in [1.807, 2.05) is 30.3 Å². The molecule has 1 aromatic heterocycles. The predicted molar refractivity (Wildman–Crippen MR) is 61.4 cm³/mol. The fraction of sp³-hybridized carbons (Fsp3) is 0. The second-order valence-electron chi connectivity index (χ2n) is 3.22. The van der Waals surface area contributed by atoms with Gasteiger partial charge in [-0.3, -0.25) is 0 Å². The first-order valence-electron chi connectivity index (χ1n) is 4.88. The molecule has 0 atom stereocenters. The molecule has 0 aliphatic heterocycles. The van der Waals surface area contributed by atoms with Gasteiger partial charge in [-0.05, 0) is 12.1 Å². The van der Waals surface area contributed by atoms with Crippen LogP contribution in [-0.2, 0) is 0 Å². The van der Waals surface area contributed by atoms with Crippen LogP contribution in [0.3, 0.4) is 0 Å². The Labute approximate surface area is 98.0 Å². The van der Waals surface area contributed by atoms with Gasteiger partial charge in [0.2, 0.25) is 5.82 Å². The lowest BCUT2D eigenvalue weighted by atomic mass is 10.2. The lowest BCUT2D eigenvalue weighted by Crippen LogP contribution is -2.03. The second kappa shape index (κ2) is 4.90. The first kappa shape index (κ1) is 10.8. The van der Waals surface area contributed by atoms with Crippen molar-refractivity contribution in [3.05, 3.63) is 59.7 Å². The van der Waals surface area contributed by atoms with Crippen LogP contribution in [0.15, 0.2) is 42.7 Å². The van der Waals surface area contributed by atoms with Gasteiger partial charge in [-0.15, -0.1) is 0 Å². The zero-order valence-electron chi connectivity index (χ0n) is 8.79. The van der Waals surface area contributed by atoms with Crippen LogP contribution in [0.25, 0.3) is 0 Å². The second-order valence-corrected chi connectivity index (χ2v) is 3.22. The Morgan fingerprint density at radius 3 is 2.18 bits per heavy atom. The monoisotopic (exact) mass is 224 g/mol. The van der Waals surface area contributed by atoms with Crippen LogP contribution >= 0.6 is 0 Å². The number of aromatic carboxylic acids is 1. The largest absolute Gasteiger partial charge is 0.475 e. The summed E-state index contributed by atoms with van der Waals surface area (Å²) in [6.45, 7) is 0. The van der Waals surface area contributed by atoms with E-state index in [0.717, 1.165) is 5.56 Å². The predicted octanol–water partition coefficient (Wildman–Crippen LogP) is 1.57. The van der Waals surface area contributed by atoms with Crippen molar-refractivity contribution in [2.45, 2.75) is 0 Å². The normalized spacial score (nSPS) is 9.18. The van der Waals surface area contributed by atoms with Crippen LogP contribution in [0.1, 0.15) is 21.7 Å². The van der Waals surface area contributed by atoms with Gasteiger partial charge in [-0.2, -0.15) is 0 Å².